The van der Waals surface area contributed by atoms with E-state index in [1.54, 1.807) is 5.57 Å². The van der Waals surface area contributed by atoms with E-state index >= 15 is 0 Å². The lowest BCUT2D eigenvalue weighted by Gasteiger charge is -2.09. The summed E-state index contributed by atoms with van der Waals surface area (Å²) in [5.74, 6) is 0. The van der Waals surface area contributed by atoms with Crippen molar-refractivity contribution in [2.75, 3.05) is 0 Å². The number of rotatable bonds is 3. The molecule has 2 rings (SSSR count). The highest BCUT2D eigenvalue weighted by atomic mass is 14.2. The first-order chi connectivity index (χ1) is 7.31. The predicted molar refractivity (Wildman–Crippen MR) is 66.7 cm³/mol. The Labute approximate surface area is 93.0 Å². The maximum atomic E-state index is 2.37. The second-order valence-electron chi connectivity index (χ2n) is 4.09. The number of benzene rings is 1. The Morgan fingerprint density at radius 2 is 1.73 bits per heavy atom. The number of allylic oxidation sites excluding steroid dienone is 2. The van der Waals surface area contributed by atoms with Crippen LogP contribution in [0.15, 0.2) is 23.8 Å². The lowest BCUT2D eigenvalue weighted by atomic mass is 9.95. The van der Waals surface area contributed by atoms with Gasteiger partial charge < -0.3 is 0 Å². The van der Waals surface area contributed by atoms with Crippen LogP contribution in [0.4, 0.5) is 0 Å². The number of fused-ring (bicyclic) bond motifs is 1. The van der Waals surface area contributed by atoms with Crippen molar-refractivity contribution in [1.82, 2.24) is 0 Å². The molecular formula is C15H19. The standard InChI is InChI=1S/C15H19/c1-4-11-8-7-9-13-10-12(5-2)14(6-3)15(11)13/h7-10H,4-6H2,1-3H3. The van der Waals surface area contributed by atoms with E-state index in [2.05, 4.69) is 45.4 Å². The zero-order valence-electron chi connectivity index (χ0n) is 9.93. The van der Waals surface area contributed by atoms with Gasteiger partial charge in [0.1, 0.15) is 0 Å². The smallest absolute Gasteiger partial charge is 0.0167 e. The summed E-state index contributed by atoms with van der Waals surface area (Å²) in [5.41, 5.74) is 7.57. The first-order valence-corrected chi connectivity index (χ1v) is 6.00. The molecule has 0 heteroatoms. The van der Waals surface area contributed by atoms with Crippen LogP contribution in [0.5, 0.6) is 0 Å². The van der Waals surface area contributed by atoms with Crippen molar-refractivity contribution in [3.8, 4) is 0 Å². The van der Waals surface area contributed by atoms with Crippen LogP contribution >= 0.6 is 0 Å². The van der Waals surface area contributed by atoms with E-state index in [4.69, 9.17) is 0 Å². The molecule has 0 nitrogen and oxygen atoms in total. The molecule has 0 aromatic heterocycles. The molecule has 1 aliphatic carbocycles. The van der Waals surface area contributed by atoms with Crippen LogP contribution in [0.2, 0.25) is 0 Å². The minimum atomic E-state index is 1.14. The highest BCUT2D eigenvalue weighted by molar-refractivity contribution is 5.82. The van der Waals surface area contributed by atoms with E-state index < -0.39 is 0 Å². The summed E-state index contributed by atoms with van der Waals surface area (Å²) in [6.45, 7) is 6.76. The minimum absolute atomic E-state index is 1.14. The Hall–Kier alpha value is -1.04. The monoisotopic (exact) mass is 199 g/mol. The molecule has 1 aliphatic rings. The molecule has 0 N–H and O–H groups in total. The zero-order chi connectivity index (χ0) is 10.8. The van der Waals surface area contributed by atoms with Crippen LogP contribution in [0.3, 0.4) is 0 Å². The molecule has 0 saturated heterocycles. The van der Waals surface area contributed by atoms with Gasteiger partial charge in [-0.15, -0.1) is 0 Å². The first-order valence-electron chi connectivity index (χ1n) is 6.00. The first kappa shape index (κ1) is 10.5. The molecule has 0 atom stereocenters. The third-order valence-corrected chi connectivity index (χ3v) is 3.32. The largest absolute Gasteiger partial charge is 0.0617 e. The average Bonchev–Trinajstić information content (AvgIpc) is 2.66. The normalized spacial score (nSPS) is 14.6. The van der Waals surface area contributed by atoms with Gasteiger partial charge in [0.2, 0.25) is 0 Å². The molecule has 1 aromatic carbocycles. The zero-order valence-corrected chi connectivity index (χ0v) is 9.93. The summed E-state index contributed by atoms with van der Waals surface area (Å²) < 4.78 is 0. The van der Waals surface area contributed by atoms with Gasteiger partial charge in [0, 0.05) is 6.42 Å². The van der Waals surface area contributed by atoms with Gasteiger partial charge in [-0.1, -0.05) is 44.5 Å². The lowest BCUT2D eigenvalue weighted by molar-refractivity contribution is 1.10. The molecule has 1 aromatic rings. The molecule has 0 aliphatic heterocycles. The van der Waals surface area contributed by atoms with Crippen molar-refractivity contribution in [2.24, 2.45) is 0 Å². The highest BCUT2D eigenvalue weighted by Gasteiger charge is 2.21. The Balaban J connectivity index is 2.56. The SMILES string of the molecule is CCC1=C(CC)c2c(cccc2CC)[CH]1. The number of hydrogen-bond donors (Lipinski definition) is 0. The molecule has 79 valence electrons. The highest BCUT2D eigenvalue weighted by Crippen LogP contribution is 2.39. The molecule has 0 fully saturated rings. The number of aryl methyl sites for hydroxylation is 1. The van der Waals surface area contributed by atoms with Gasteiger partial charge in [-0.2, -0.15) is 0 Å². The molecular weight excluding hydrogens is 180 g/mol. The van der Waals surface area contributed by atoms with Gasteiger partial charge in [0.15, 0.2) is 0 Å². The van der Waals surface area contributed by atoms with Gasteiger partial charge in [0.25, 0.3) is 0 Å². The molecule has 0 heterocycles. The average molecular weight is 199 g/mol. The van der Waals surface area contributed by atoms with E-state index in [1.807, 2.05) is 0 Å². The molecule has 0 spiro atoms. The molecule has 0 bridgehead atoms. The van der Waals surface area contributed by atoms with E-state index in [0.29, 0.717) is 0 Å². The summed E-state index contributed by atoms with van der Waals surface area (Å²) in [5, 5.41) is 0. The summed E-state index contributed by atoms with van der Waals surface area (Å²) in [7, 11) is 0. The lowest BCUT2D eigenvalue weighted by Crippen LogP contribution is -1.91. The van der Waals surface area contributed by atoms with Gasteiger partial charge >= 0.3 is 0 Å². The molecule has 0 unspecified atom stereocenters. The third kappa shape index (κ3) is 1.62. The minimum Gasteiger partial charge on any atom is -0.0617 e. The fraction of sp³-hybridized carbons (Fsp3) is 0.400. The molecule has 0 amide bonds. The van der Waals surface area contributed by atoms with E-state index in [-0.39, 0.29) is 0 Å². The summed E-state index contributed by atoms with van der Waals surface area (Å²) >= 11 is 0. The Bertz CT molecular complexity index is 396. The van der Waals surface area contributed by atoms with Gasteiger partial charge in [-0.25, -0.2) is 0 Å². The van der Waals surface area contributed by atoms with Gasteiger partial charge in [-0.3, -0.25) is 0 Å². The molecule has 0 saturated carbocycles. The number of hydrogen-bond acceptors (Lipinski definition) is 0. The second-order valence-corrected chi connectivity index (χ2v) is 4.09. The van der Waals surface area contributed by atoms with E-state index in [0.717, 1.165) is 19.3 Å². The predicted octanol–water partition coefficient (Wildman–Crippen LogP) is 4.39. The third-order valence-electron chi connectivity index (χ3n) is 3.32. The van der Waals surface area contributed by atoms with Crippen LogP contribution in [-0.2, 0) is 6.42 Å². The fourth-order valence-electron chi connectivity index (χ4n) is 2.56. The van der Waals surface area contributed by atoms with Crippen molar-refractivity contribution in [3.63, 3.8) is 0 Å². The van der Waals surface area contributed by atoms with Crippen LogP contribution in [-0.4, -0.2) is 0 Å². The van der Waals surface area contributed by atoms with Gasteiger partial charge in [-0.05, 0) is 41.5 Å². The van der Waals surface area contributed by atoms with Crippen molar-refractivity contribution in [1.29, 1.82) is 0 Å². The maximum absolute atomic E-state index is 2.37. The van der Waals surface area contributed by atoms with Gasteiger partial charge in [0.05, 0.1) is 0 Å². The van der Waals surface area contributed by atoms with Crippen LogP contribution in [0.25, 0.3) is 5.57 Å². The maximum Gasteiger partial charge on any atom is 0.0167 e. The van der Waals surface area contributed by atoms with Crippen LogP contribution in [0, 0.1) is 6.42 Å². The summed E-state index contributed by atoms with van der Waals surface area (Å²) in [4.78, 5) is 0. The second kappa shape index (κ2) is 4.22. The summed E-state index contributed by atoms with van der Waals surface area (Å²) in [6.07, 6.45) is 5.82. The summed E-state index contributed by atoms with van der Waals surface area (Å²) in [6, 6.07) is 6.69. The van der Waals surface area contributed by atoms with Crippen LogP contribution < -0.4 is 0 Å². The van der Waals surface area contributed by atoms with Crippen LogP contribution in [0.1, 0.15) is 50.3 Å². The van der Waals surface area contributed by atoms with Crippen molar-refractivity contribution in [2.45, 2.75) is 40.0 Å². The Kier molecular flexibility index (Phi) is 2.95. The topological polar surface area (TPSA) is 0 Å². The fourth-order valence-corrected chi connectivity index (χ4v) is 2.56. The van der Waals surface area contributed by atoms with Crippen molar-refractivity contribution >= 4 is 5.57 Å². The quantitative estimate of drug-likeness (QED) is 0.677. The molecule has 1 radical (unpaired) electrons. The Morgan fingerprint density at radius 3 is 2.33 bits per heavy atom. The van der Waals surface area contributed by atoms with Crippen molar-refractivity contribution in [3.05, 3.63) is 46.9 Å². The van der Waals surface area contributed by atoms with E-state index in [1.165, 1.54) is 22.3 Å². The van der Waals surface area contributed by atoms with E-state index in [9.17, 15) is 0 Å². The molecule has 15 heavy (non-hydrogen) atoms. The Morgan fingerprint density at radius 1 is 0.933 bits per heavy atom. The van der Waals surface area contributed by atoms with Crippen molar-refractivity contribution < 1.29 is 0 Å².